The number of aromatic nitrogens is 2. The highest BCUT2D eigenvalue weighted by atomic mass is 32.2. The Balaban J connectivity index is 2.20. The van der Waals surface area contributed by atoms with Crippen molar-refractivity contribution in [2.45, 2.75) is 30.4 Å². The molecule has 0 aliphatic carbocycles. The van der Waals surface area contributed by atoms with Crippen molar-refractivity contribution in [3.8, 4) is 11.1 Å². The van der Waals surface area contributed by atoms with E-state index in [1.54, 1.807) is 0 Å². The van der Waals surface area contributed by atoms with Crippen LogP contribution >= 0.6 is 11.8 Å². The highest BCUT2D eigenvalue weighted by Crippen LogP contribution is 2.39. The molecule has 106 valence electrons. The molecule has 0 N–H and O–H groups in total. The molecule has 0 saturated carbocycles. The Kier molecular flexibility index (Phi) is 3.68. The number of fused-ring (bicyclic) bond motifs is 1. The summed E-state index contributed by atoms with van der Waals surface area (Å²) in [5, 5.41) is 1.17. The van der Waals surface area contributed by atoms with Gasteiger partial charge in [0, 0.05) is 39.2 Å². The van der Waals surface area contributed by atoms with Gasteiger partial charge < -0.3 is 0 Å². The largest absolute Gasteiger partial charge is 0.264 e. The zero-order valence-corrected chi connectivity index (χ0v) is 13.3. The molecule has 2 aromatic heterocycles. The average molecular weight is 294 g/mol. The molecular formula is C18H18N2S. The van der Waals surface area contributed by atoms with Crippen molar-refractivity contribution in [3.05, 3.63) is 55.0 Å². The zero-order chi connectivity index (χ0) is 14.9. The van der Waals surface area contributed by atoms with Crippen LogP contribution in [-0.4, -0.2) is 14.7 Å². The van der Waals surface area contributed by atoms with Crippen LogP contribution in [0.25, 0.3) is 22.0 Å². The first-order chi connectivity index (χ1) is 10.0. The van der Waals surface area contributed by atoms with Crippen LogP contribution in [0.2, 0.25) is 0 Å². The van der Waals surface area contributed by atoms with Crippen LogP contribution in [0.3, 0.4) is 0 Å². The summed E-state index contributed by atoms with van der Waals surface area (Å²) in [7, 11) is 0. The third-order valence-corrected chi connectivity index (χ3v) is 4.32. The summed E-state index contributed by atoms with van der Waals surface area (Å²) in [6.07, 6.45) is 5.69. The third kappa shape index (κ3) is 3.08. The van der Waals surface area contributed by atoms with Crippen molar-refractivity contribution in [2.75, 3.05) is 0 Å². The van der Waals surface area contributed by atoms with Crippen LogP contribution in [0.4, 0.5) is 0 Å². The van der Waals surface area contributed by atoms with E-state index in [9.17, 15) is 0 Å². The standard InChI is InChI=1S/C18H18N2S/c1-18(2,3)21-17-9-10-19-12-15(17)13-8-11-20-16-7-5-4-6-14(13)16/h4-12H,1-3H3. The lowest BCUT2D eigenvalue weighted by Crippen LogP contribution is -2.07. The maximum Gasteiger partial charge on any atom is 0.0708 e. The number of para-hydroxylation sites is 1. The molecule has 3 heteroatoms. The maximum atomic E-state index is 4.44. The number of rotatable bonds is 2. The Bertz CT molecular complexity index is 770. The van der Waals surface area contributed by atoms with Gasteiger partial charge >= 0.3 is 0 Å². The molecule has 0 bridgehead atoms. The predicted molar refractivity (Wildman–Crippen MR) is 90.6 cm³/mol. The summed E-state index contributed by atoms with van der Waals surface area (Å²) in [6, 6.07) is 12.4. The molecular weight excluding hydrogens is 276 g/mol. The monoisotopic (exact) mass is 294 g/mol. The van der Waals surface area contributed by atoms with Gasteiger partial charge in [-0.15, -0.1) is 11.8 Å². The van der Waals surface area contributed by atoms with E-state index in [0.717, 1.165) is 5.52 Å². The van der Waals surface area contributed by atoms with E-state index in [2.05, 4.69) is 55.0 Å². The van der Waals surface area contributed by atoms with Gasteiger partial charge in [-0.3, -0.25) is 9.97 Å². The molecule has 0 spiro atoms. The second-order valence-corrected chi connectivity index (χ2v) is 7.83. The summed E-state index contributed by atoms with van der Waals surface area (Å²) in [6.45, 7) is 6.69. The van der Waals surface area contributed by atoms with Crippen molar-refractivity contribution < 1.29 is 0 Å². The number of thioether (sulfide) groups is 1. The highest BCUT2D eigenvalue weighted by molar-refractivity contribution is 8.00. The first-order valence-corrected chi connectivity index (χ1v) is 7.83. The van der Waals surface area contributed by atoms with Gasteiger partial charge in [-0.2, -0.15) is 0 Å². The second-order valence-electron chi connectivity index (χ2n) is 5.96. The fourth-order valence-corrected chi connectivity index (χ4v) is 3.39. The summed E-state index contributed by atoms with van der Waals surface area (Å²) < 4.78 is 0.166. The highest BCUT2D eigenvalue weighted by Gasteiger charge is 2.16. The van der Waals surface area contributed by atoms with Gasteiger partial charge in [-0.05, 0) is 23.8 Å². The van der Waals surface area contributed by atoms with Gasteiger partial charge in [0.1, 0.15) is 0 Å². The minimum Gasteiger partial charge on any atom is -0.264 e. The Hall–Kier alpha value is -1.87. The molecule has 0 amide bonds. The number of pyridine rings is 2. The lowest BCUT2D eigenvalue weighted by atomic mass is 10.0. The number of nitrogens with zero attached hydrogens (tertiary/aromatic N) is 2. The smallest absolute Gasteiger partial charge is 0.0708 e. The van der Waals surface area contributed by atoms with Gasteiger partial charge in [-0.1, -0.05) is 39.0 Å². The Morgan fingerprint density at radius 3 is 2.52 bits per heavy atom. The predicted octanol–water partition coefficient (Wildman–Crippen LogP) is 5.19. The van der Waals surface area contributed by atoms with E-state index < -0.39 is 0 Å². The quantitative estimate of drug-likeness (QED) is 0.608. The van der Waals surface area contributed by atoms with Crippen LogP contribution in [-0.2, 0) is 0 Å². The lowest BCUT2D eigenvalue weighted by Gasteiger charge is -2.20. The van der Waals surface area contributed by atoms with Crippen molar-refractivity contribution in [1.29, 1.82) is 0 Å². The SMILES string of the molecule is CC(C)(C)Sc1ccncc1-c1ccnc2ccccc12. The zero-order valence-electron chi connectivity index (χ0n) is 12.5. The van der Waals surface area contributed by atoms with Gasteiger partial charge in [-0.25, -0.2) is 0 Å². The molecule has 3 rings (SSSR count). The van der Waals surface area contributed by atoms with Crippen LogP contribution in [0.1, 0.15) is 20.8 Å². The minimum absolute atomic E-state index is 0.166. The molecule has 0 saturated heterocycles. The minimum atomic E-state index is 0.166. The van der Waals surface area contributed by atoms with Crippen molar-refractivity contribution in [2.24, 2.45) is 0 Å². The number of benzene rings is 1. The molecule has 1 aromatic carbocycles. The van der Waals surface area contributed by atoms with Crippen LogP contribution < -0.4 is 0 Å². The van der Waals surface area contributed by atoms with Gasteiger partial charge in [0.05, 0.1) is 5.52 Å². The van der Waals surface area contributed by atoms with E-state index in [1.165, 1.54) is 21.4 Å². The van der Waals surface area contributed by atoms with E-state index in [-0.39, 0.29) is 4.75 Å². The molecule has 0 atom stereocenters. The van der Waals surface area contributed by atoms with Gasteiger partial charge in [0.25, 0.3) is 0 Å². The van der Waals surface area contributed by atoms with Crippen molar-refractivity contribution in [3.63, 3.8) is 0 Å². The topological polar surface area (TPSA) is 25.8 Å². The van der Waals surface area contributed by atoms with Crippen molar-refractivity contribution >= 4 is 22.7 Å². The van der Waals surface area contributed by atoms with E-state index in [4.69, 9.17) is 0 Å². The van der Waals surface area contributed by atoms with E-state index >= 15 is 0 Å². The van der Waals surface area contributed by atoms with E-state index in [1.807, 2.05) is 42.5 Å². The Morgan fingerprint density at radius 1 is 0.905 bits per heavy atom. The van der Waals surface area contributed by atoms with Crippen molar-refractivity contribution in [1.82, 2.24) is 9.97 Å². The van der Waals surface area contributed by atoms with Crippen LogP contribution in [0.15, 0.2) is 59.9 Å². The fraction of sp³-hybridized carbons (Fsp3) is 0.222. The maximum absolute atomic E-state index is 4.44. The van der Waals surface area contributed by atoms with Crippen LogP contribution in [0, 0.1) is 0 Å². The molecule has 0 radical (unpaired) electrons. The molecule has 0 aliphatic heterocycles. The van der Waals surface area contributed by atoms with Crippen LogP contribution in [0.5, 0.6) is 0 Å². The molecule has 0 aliphatic rings. The van der Waals surface area contributed by atoms with E-state index in [0.29, 0.717) is 0 Å². The Labute approximate surface area is 129 Å². The summed E-state index contributed by atoms with van der Waals surface area (Å²) >= 11 is 1.87. The number of hydrogen-bond donors (Lipinski definition) is 0. The Morgan fingerprint density at radius 2 is 1.71 bits per heavy atom. The summed E-state index contributed by atoms with van der Waals surface area (Å²) in [5.41, 5.74) is 3.39. The molecule has 21 heavy (non-hydrogen) atoms. The van der Waals surface area contributed by atoms with Gasteiger partial charge in [0.15, 0.2) is 0 Å². The lowest BCUT2D eigenvalue weighted by molar-refractivity contribution is 0.803. The number of hydrogen-bond acceptors (Lipinski definition) is 3. The molecule has 2 heterocycles. The molecule has 2 nitrogen and oxygen atoms in total. The second kappa shape index (κ2) is 5.49. The molecule has 3 aromatic rings. The normalized spacial score (nSPS) is 11.8. The third-order valence-electron chi connectivity index (χ3n) is 3.14. The summed E-state index contributed by atoms with van der Waals surface area (Å²) in [4.78, 5) is 10.0. The fourth-order valence-electron chi connectivity index (χ4n) is 2.33. The molecule has 0 unspecified atom stereocenters. The average Bonchev–Trinajstić information content (AvgIpc) is 2.46. The first-order valence-electron chi connectivity index (χ1n) is 7.02. The van der Waals surface area contributed by atoms with Gasteiger partial charge in [0.2, 0.25) is 0 Å². The first kappa shape index (κ1) is 14.1. The molecule has 0 fully saturated rings. The summed E-state index contributed by atoms with van der Waals surface area (Å²) in [5.74, 6) is 0.